The predicted octanol–water partition coefficient (Wildman–Crippen LogP) is 4.38. The number of halogens is 2. The highest BCUT2D eigenvalue weighted by Gasteiger charge is 2.18. The molecule has 1 saturated heterocycles. The van der Waals surface area contributed by atoms with Gasteiger partial charge in [-0.2, -0.15) is 0 Å². The van der Waals surface area contributed by atoms with E-state index >= 15 is 0 Å². The molecule has 0 bridgehead atoms. The van der Waals surface area contributed by atoms with E-state index in [0.717, 1.165) is 25.9 Å². The summed E-state index contributed by atoms with van der Waals surface area (Å²) in [7, 11) is 0. The summed E-state index contributed by atoms with van der Waals surface area (Å²) in [6, 6.07) is 5.18. The van der Waals surface area contributed by atoms with E-state index in [1.165, 1.54) is 6.42 Å². The van der Waals surface area contributed by atoms with Crippen LogP contribution in [0.25, 0.3) is 0 Å². The Morgan fingerprint density at radius 3 is 2.89 bits per heavy atom. The molecule has 0 amide bonds. The van der Waals surface area contributed by atoms with Gasteiger partial charge in [0.15, 0.2) is 0 Å². The lowest BCUT2D eigenvalue weighted by atomic mass is 9.99. The van der Waals surface area contributed by atoms with Crippen LogP contribution in [0, 0.1) is 0 Å². The highest BCUT2D eigenvalue weighted by Crippen LogP contribution is 2.30. The fraction of sp³-hybridized carbons (Fsp3) is 0.571. The summed E-state index contributed by atoms with van der Waals surface area (Å²) in [6.07, 6.45) is 4.70. The summed E-state index contributed by atoms with van der Waals surface area (Å²) in [4.78, 5) is 0. The SMILES string of the molecule is OC(CCC1CCCCO1)c1cc(Cl)ccc1Cl. The molecule has 1 aromatic carbocycles. The molecular weight excluding hydrogens is 271 g/mol. The zero-order valence-electron chi connectivity index (χ0n) is 10.2. The third kappa shape index (κ3) is 3.86. The van der Waals surface area contributed by atoms with Crippen molar-refractivity contribution in [3.8, 4) is 0 Å². The molecule has 0 radical (unpaired) electrons. The van der Waals surface area contributed by atoms with E-state index in [1.807, 2.05) is 0 Å². The second kappa shape index (κ2) is 6.76. The molecule has 1 aliphatic rings. The molecule has 0 aromatic heterocycles. The van der Waals surface area contributed by atoms with Gasteiger partial charge in [-0.3, -0.25) is 0 Å². The van der Waals surface area contributed by atoms with Crippen LogP contribution >= 0.6 is 23.2 Å². The zero-order chi connectivity index (χ0) is 13.0. The first kappa shape index (κ1) is 14.1. The van der Waals surface area contributed by atoms with Crippen molar-refractivity contribution in [2.75, 3.05) is 6.61 Å². The van der Waals surface area contributed by atoms with Gasteiger partial charge in [0, 0.05) is 22.2 Å². The number of benzene rings is 1. The summed E-state index contributed by atoms with van der Waals surface area (Å²) < 4.78 is 5.65. The average Bonchev–Trinajstić information content (AvgIpc) is 2.40. The molecule has 1 aromatic rings. The Bertz CT molecular complexity index is 389. The van der Waals surface area contributed by atoms with Crippen molar-refractivity contribution in [3.63, 3.8) is 0 Å². The number of ether oxygens (including phenoxy) is 1. The normalized spacial score (nSPS) is 21.8. The number of aliphatic hydroxyl groups excluding tert-OH is 1. The van der Waals surface area contributed by atoms with Crippen molar-refractivity contribution in [1.82, 2.24) is 0 Å². The predicted molar refractivity (Wildman–Crippen MR) is 74.2 cm³/mol. The minimum atomic E-state index is -0.568. The first-order chi connectivity index (χ1) is 8.66. The lowest BCUT2D eigenvalue weighted by Crippen LogP contribution is -2.19. The number of aliphatic hydroxyl groups is 1. The molecule has 0 spiro atoms. The second-order valence-electron chi connectivity index (χ2n) is 4.75. The van der Waals surface area contributed by atoms with Gasteiger partial charge in [-0.15, -0.1) is 0 Å². The molecule has 1 fully saturated rings. The van der Waals surface area contributed by atoms with Crippen LogP contribution in [0.5, 0.6) is 0 Å². The quantitative estimate of drug-likeness (QED) is 0.891. The molecule has 2 nitrogen and oxygen atoms in total. The molecule has 2 unspecified atom stereocenters. The maximum Gasteiger partial charge on any atom is 0.0805 e. The van der Waals surface area contributed by atoms with Gasteiger partial charge < -0.3 is 9.84 Å². The Labute approximate surface area is 118 Å². The Kier molecular flexibility index (Phi) is 5.31. The van der Waals surface area contributed by atoms with Crippen LogP contribution in [0.15, 0.2) is 18.2 Å². The number of hydrogen-bond acceptors (Lipinski definition) is 2. The van der Waals surface area contributed by atoms with Crippen molar-refractivity contribution in [2.24, 2.45) is 0 Å². The Hall–Kier alpha value is -0.280. The van der Waals surface area contributed by atoms with Crippen LogP contribution in [0.4, 0.5) is 0 Å². The summed E-state index contributed by atoms with van der Waals surface area (Å²) in [5, 5.41) is 11.3. The van der Waals surface area contributed by atoms with E-state index in [9.17, 15) is 5.11 Å². The molecule has 18 heavy (non-hydrogen) atoms. The van der Waals surface area contributed by atoms with Gasteiger partial charge in [0.05, 0.1) is 12.2 Å². The minimum Gasteiger partial charge on any atom is -0.388 e. The molecule has 1 N–H and O–H groups in total. The molecule has 1 heterocycles. The van der Waals surface area contributed by atoms with E-state index in [-0.39, 0.29) is 6.10 Å². The van der Waals surface area contributed by atoms with Crippen LogP contribution in [-0.4, -0.2) is 17.8 Å². The van der Waals surface area contributed by atoms with E-state index in [2.05, 4.69) is 0 Å². The largest absolute Gasteiger partial charge is 0.388 e. The summed E-state index contributed by atoms with van der Waals surface area (Å²) >= 11 is 12.0. The van der Waals surface area contributed by atoms with Crippen LogP contribution in [0.1, 0.15) is 43.8 Å². The van der Waals surface area contributed by atoms with Crippen molar-refractivity contribution in [3.05, 3.63) is 33.8 Å². The van der Waals surface area contributed by atoms with Gasteiger partial charge in [0.1, 0.15) is 0 Å². The first-order valence-corrected chi connectivity index (χ1v) is 7.17. The lowest BCUT2D eigenvalue weighted by molar-refractivity contribution is 0.00214. The van der Waals surface area contributed by atoms with Gasteiger partial charge in [-0.1, -0.05) is 23.2 Å². The van der Waals surface area contributed by atoms with Crippen molar-refractivity contribution < 1.29 is 9.84 Å². The van der Waals surface area contributed by atoms with Gasteiger partial charge in [0.2, 0.25) is 0 Å². The van der Waals surface area contributed by atoms with Crippen LogP contribution in [0.2, 0.25) is 10.0 Å². The Morgan fingerprint density at radius 2 is 2.17 bits per heavy atom. The highest BCUT2D eigenvalue weighted by atomic mass is 35.5. The standard InChI is InChI=1S/C14H18Cl2O2/c15-10-4-6-13(16)12(9-10)14(17)7-5-11-3-1-2-8-18-11/h4,6,9,11,14,17H,1-3,5,7-8H2. The van der Waals surface area contributed by atoms with Gasteiger partial charge in [-0.25, -0.2) is 0 Å². The monoisotopic (exact) mass is 288 g/mol. The number of hydrogen-bond donors (Lipinski definition) is 1. The third-order valence-corrected chi connectivity index (χ3v) is 3.93. The van der Waals surface area contributed by atoms with E-state index in [1.54, 1.807) is 18.2 Å². The topological polar surface area (TPSA) is 29.5 Å². The lowest BCUT2D eigenvalue weighted by Gasteiger charge is -2.23. The molecule has 2 rings (SSSR count). The van der Waals surface area contributed by atoms with Crippen LogP contribution < -0.4 is 0 Å². The average molecular weight is 289 g/mol. The molecule has 1 aliphatic heterocycles. The molecule has 4 heteroatoms. The Balaban J connectivity index is 1.90. The van der Waals surface area contributed by atoms with Gasteiger partial charge >= 0.3 is 0 Å². The summed E-state index contributed by atoms with van der Waals surface area (Å²) in [5.41, 5.74) is 0.708. The minimum absolute atomic E-state index is 0.284. The smallest absolute Gasteiger partial charge is 0.0805 e. The molecule has 0 aliphatic carbocycles. The second-order valence-corrected chi connectivity index (χ2v) is 5.59. The van der Waals surface area contributed by atoms with Gasteiger partial charge in [0.25, 0.3) is 0 Å². The number of rotatable bonds is 4. The third-order valence-electron chi connectivity index (χ3n) is 3.35. The summed E-state index contributed by atoms with van der Waals surface area (Å²) in [5.74, 6) is 0. The Morgan fingerprint density at radius 1 is 1.33 bits per heavy atom. The van der Waals surface area contributed by atoms with E-state index < -0.39 is 6.10 Å². The highest BCUT2D eigenvalue weighted by molar-refractivity contribution is 6.33. The first-order valence-electron chi connectivity index (χ1n) is 6.41. The maximum absolute atomic E-state index is 10.2. The van der Waals surface area contributed by atoms with E-state index in [0.29, 0.717) is 22.0 Å². The van der Waals surface area contributed by atoms with Gasteiger partial charge in [-0.05, 0) is 50.3 Å². The van der Waals surface area contributed by atoms with Crippen molar-refractivity contribution in [2.45, 2.75) is 44.3 Å². The van der Waals surface area contributed by atoms with E-state index in [4.69, 9.17) is 27.9 Å². The zero-order valence-corrected chi connectivity index (χ0v) is 11.8. The molecule has 2 atom stereocenters. The molecule has 100 valence electrons. The summed E-state index contributed by atoms with van der Waals surface area (Å²) in [6.45, 7) is 0.846. The fourth-order valence-corrected chi connectivity index (χ4v) is 2.73. The van der Waals surface area contributed by atoms with Crippen LogP contribution in [0.3, 0.4) is 0 Å². The molecular formula is C14H18Cl2O2. The molecule has 0 saturated carbocycles. The van der Waals surface area contributed by atoms with Crippen molar-refractivity contribution in [1.29, 1.82) is 0 Å². The maximum atomic E-state index is 10.2. The fourth-order valence-electron chi connectivity index (χ4n) is 2.30. The van der Waals surface area contributed by atoms with Crippen molar-refractivity contribution >= 4 is 23.2 Å². The van der Waals surface area contributed by atoms with Crippen LogP contribution in [-0.2, 0) is 4.74 Å².